The summed E-state index contributed by atoms with van der Waals surface area (Å²) in [6, 6.07) is 20.0. The molecular formula is C28H28ClFN4O3. The summed E-state index contributed by atoms with van der Waals surface area (Å²) in [5.41, 5.74) is 2.62. The Bertz CT molecular complexity index is 1240. The van der Waals surface area contributed by atoms with Crippen molar-refractivity contribution in [2.45, 2.75) is 0 Å². The molecule has 37 heavy (non-hydrogen) atoms. The van der Waals surface area contributed by atoms with E-state index in [4.69, 9.17) is 21.7 Å². The van der Waals surface area contributed by atoms with Gasteiger partial charge in [0, 0.05) is 49.6 Å². The first kappa shape index (κ1) is 26.3. The van der Waals surface area contributed by atoms with Crippen LogP contribution in [-0.2, 0) is 4.79 Å². The molecule has 0 saturated carbocycles. The van der Waals surface area contributed by atoms with Gasteiger partial charge in [-0.1, -0.05) is 35.9 Å². The van der Waals surface area contributed by atoms with Gasteiger partial charge in [0.05, 0.1) is 6.61 Å². The number of nitrogens with one attached hydrogen (secondary N) is 2. The van der Waals surface area contributed by atoms with Gasteiger partial charge in [0.15, 0.2) is 0 Å². The first-order valence-corrected chi connectivity index (χ1v) is 12.3. The number of anilines is 1. The van der Waals surface area contributed by atoms with Gasteiger partial charge >= 0.3 is 0 Å². The standard InChI is InChI=1S/C28H28ClFN4O3/c29-22-5-9-24(10-6-22)32-28(36)27(26(19-31)34-15-13-33(14-16-34)17-18-35)37-25-11-3-21(4-12-25)20-1-7-23(30)8-2-20/h1-12,19,31,35H,13-18H2,(H,32,36)/b27-26-,31-19?. The summed E-state index contributed by atoms with van der Waals surface area (Å²) in [6.45, 7) is 3.20. The zero-order valence-corrected chi connectivity index (χ0v) is 20.9. The van der Waals surface area contributed by atoms with Crippen LogP contribution in [0.25, 0.3) is 11.1 Å². The molecule has 0 radical (unpaired) electrons. The van der Waals surface area contributed by atoms with E-state index < -0.39 is 5.91 Å². The van der Waals surface area contributed by atoms with Gasteiger partial charge in [-0.15, -0.1) is 0 Å². The summed E-state index contributed by atoms with van der Waals surface area (Å²) in [5, 5.41) is 20.7. The zero-order valence-electron chi connectivity index (χ0n) is 20.2. The number of hydrogen-bond donors (Lipinski definition) is 3. The fourth-order valence-corrected chi connectivity index (χ4v) is 4.19. The number of benzene rings is 3. The molecular weight excluding hydrogens is 495 g/mol. The van der Waals surface area contributed by atoms with Crippen molar-refractivity contribution in [3.05, 3.63) is 95.1 Å². The summed E-state index contributed by atoms with van der Waals surface area (Å²) in [5.74, 6) is -0.386. The molecule has 4 rings (SSSR count). The summed E-state index contributed by atoms with van der Waals surface area (Å²) in [4.78, 5) is 17.5. The maximum Gasteiger partial charge on any atom is 0.293 e. The van der Waals surface area contributed by atoms with Crippen LogP contribution < -0.4 is 10.1 Å². The fraction of sp³-hybridized carbons (Fsp3) is 0.214. The van der Waals surface area contributed by atoms with Gasteiger partial charge in [0.2, 0.25) is 5.76 Å². The van der Waals surface area contributed by atoms with Crippen LogP contribution in [0.3, 0.4) is 0 Å². The largest absolute Gasteiger partial charge is 0.449 e. The van der Waals surface area contributed by atoms with Crippen molar-refractivity contribution in [3.63, 3.8) is 0 Å². The second-order valence-electron chi connectivity index (χ2n) is 8.51. The lowest BCUT2D eigenvalue weighted by Crippen LogP contribution is -2.47. The van der Waals surface area contributed by atoms with Crippen LogP contribution in [-0.4, -0.2) is 66.4 Å². The molecule has 3 aromatic rings. The Morgan fingerprint density at radius 2 is 1.57 bits per heavy atom. The molecule has 0 atom stereocenters. The summed E-state index contributed by atoms with van der Waals surface area (Å²) >= 11 is 5.97. The van der Waals surface area contributed by atoms with E-state index in [2.05, 4.69) is 10.2 Å². The predicted octanol–water partition coefficient (Wildman–Crippen LogP) is 4.63. The van der Waals surface area contributed by atoms with Crippen molar-refractivity contribution in [2.75, 3.05) is 44.6 Å². The maximum atomic E-state index is 13.4. The molecule has 1 amide bonds. The Morgan fingerprint density at radius 1 is 0.973 bits per heavy atom. The lowest BCUT2D eigenvalue weighted by atomic mass is 10.1. The van der Waals surface area contributed by atoms with Crippen molar-refractivity contribution in [2.24, 2.45) is 0 Å². The highest BCUT2D eigenvalue weighted by Gasteiger charge is 2.25. The Balaban J connectivity index is 1.60. The van der Waals surface area contributed by atoms with E-state index in [1.165, 1.54) is 12.1 Å². The van der Waals surface area contributed by atoms with Gasteiger partial charge < -0.3 is 25.5 Å². The normalized spacial score (nSPS) is 14.6. The number of carbonyl (C=O) groups excluding carboxylic acids is 1. The van der Waals surface area contributed by atoms with Crippen molar-refractivity contribution in [3.8, 4) is 16.9 Å². The number of allylic oxidation sites excluding steroid dienone is 1. The number of hydrogen-bond acceptors (Lipinski definition) is 6. The highest BCUT2D eigenvalue weighted by Crippen LogP contribution is 2.25. The summed E-state index contributed by atoms with van der Waals surface area (Å²) in [7, 11) is 0. The molecule has 0 spiro atoms. The molecule has 3 aromatic carbocycles. The van der Waals surface area contributed by atoms with Crippen molar-refractivity contribution < 1.29 is 19.0 Å². The Hall–Kier alpha value is -3.72. The number of ether oxygens (including phenoxy) is 1. The highest BCUT2D eigenvalue weighted by atomic mass is 35.5. The molecule has 3 N–H and O–H groups in total. The SMILES string of the molecule is N=C/C(=C(/Oc1ccc(-c2ccc(F)cc2)cc1)C(=O)Nc1ccc(Cl)cc1)N1CCN(CCO)CC1. The number of halogens is 2. The minimum Gasteiger partial charge on any atom is -0.449 e. The van der Waals surface area contributed by atoms with E-state index in [0.29, 0.717) is 54.9 Å². The number of nitrogens with zero attached hydrogens (tertiary/aromatic N) is 2. The zero-order chi connectivity index (χ0) is 26.2. The van der Waals surface area contributed by atoms with Crippen LogP contribution in [0.1, 0.15) is 0 Å². The van der Waals surface area contributed by atoms with Gasteiger partial charge in [0.25, 0.3) is 5.91 Å². The molecule has 1 aliphatic heterocycles. The lowest BCUT2D eigenvalue weighted by Gasteiger charge is -2.36. The van der Waals surface area contributed by atoms with Gasteiger partial charge in [-0.2, -0.15) is 0 Å². The number of aliphatic hydroxyl groups excluding tert-OH is 1. The number of aliphatic hydroxyl groups is 1. The van der Waals surface area contributed by atoms with Crippen LogP contribution in [0.15, 0.2) is 84.3 Å². The minimum absolute atomic E-state index is 0.00455. The van der Waals surface area contributed by atoms with E-state index in [-0.39, 0.29) is 18.2 Å². The Kier molecular flexibility index (Phi) is 8.90. The van der Waals surface area contributed by atoms with Crippen molar-refractivity contribution in [1.82, 2.24) is 9.80 Å². The van der Waals surface area contributed by atoms with Crippen molar-refractivity contribution >= 4 is 29.4 Å². The molecule has 0 aromatic heterocycles. The number of piperazine rings is 1. The van der Waals surface area contributed by atoms with E-state index in [0.717, 1.165) is 17.3 Å². The molecule has 7 nitrogen and oxygen atoms in total. The predicted molar refractivity (Wildman–Crippen MR) is 143 cm³/mol. The van der Waals surface area contributed by atoms with E-state index in [1.807, 2.05) is 17.0 Å². The monoisotopic (exact) mass is 522 g/mol. The molecule has 192 valence electrons. The van der Waals surface area contributed by atoms with Crippen LogP contribution >= 0.6 is 11.6 Å². The molecule has 1 saturated heterocycles. The van der Waals surface area contributed by atoms with Crippen LogP contribution in [0.4, 0.5) is 10.1 Å². The minimum atomic E-state index is -0.499. The third-order valence-corrected chi connectivity index (χ3v) is 6.31. The molecule has 0 unspecified atom stereocenters. The van der Waals surface area contributed by atoms with Crippen LogP contribution in [0.5, 0.6) is 5.75 Å². The van der Waals surface area contributed by atoms with Crippen molar-refractivity contribution in [1.29, 1.82) is 5.41 Å². The Morgan fingerprint density at radius 3 is 2.14 bits per heavy atom. The molecule has 1 heterocycles. The average Bonchev–Trinajstić information content (AvgIpc) is 2.92. The van der Waals surface area contributed by atoms with Gasteiger partial charge in [-0.3, -0.25) is 9.69 Å². The summed E-state index contributed by atoms with van der Waals surface area (Å²) in [6.07, 6.45) is 1.13. The molecule has 0 bridgehead atoms. The van der Waals surface area contributed by atoms with E-state index in [1.54, 1.807) is 48.5 Å². The molecule has 9 heteroatoms. The Labute approximate surface area is 220 Å². The number of rotatable bonds is 9. The van der Waals surface area contributed by atoms with Crippen LogP contribution in [0.2, 0.25) is 5.02 Å². The van der Waals surface area contributed by atoms with Gasteiger partial charge in [-0.25, -0.2) is 4.39 Å². The average molecular weight is 523 g/mol. The number of carbonyl (C=O) groups is 1. The van der Waals surface area contributed by atoms with Crippen LogP contribution in [0, 0.1) is 11.2 Å². The second kappa shape index (κ2) is 12.5. The fourth-order valence-electron chi connectivity index (χ4n) is 4.07. The van der Waals surface area contributed by atoms with E-state index >= 15 is 0 Å². The van der Waals surface area contributed by atoms with E-state index in [9.17, 15) is 14.3 Å². The van der Waals surface area contributed by atoms with Gasteiger partial charge in [0.1, 0.15) is 17.3 Å². The smallest absolute Gasteiger partial charge is 0.293 e. The summed E-state index contributed by atoms with van der Waals surface area (Å²) < 4.78 is 19.4. The first-order chi connectivity index (χ1) is 18.0. The third kappa shape index (κ3) is 6.95. The topological polar surface area (TPSA) is 88.9 Å². The van der Waals surface area contributed by atoms with Gasteiger partial charge in [-0.05, 0) is 59.7 Å². The molecule has 1 fully saturated rings. The molecule has 0 aliphatic carbocycles. The maximum absolute atomic E-state index is 13.4. The molecule has 1 aliphatic rings. The quantitative estimate of drug-likeness (QED) is 0.216. The highest BCUT2D eigenvalue weighted by molar-refractivity contribution is 6.30. The second-order valence-corrected chi connectivity index (χ2v) is 8.94. The number of amides is 1. The lowest BCUT2D eigenvalue weighted by molar-refractivity contribution is -0.115. The third-order valence-electron chi connectivity index (χ3n) is 6.06. The number of β-amino-alcohol motifs (C(OH)–C–C–N with tert-alkyl or cyclic N) is 1. The first-order valence-electron chi connectivity index (χ1n) is 11.9.